The fourth-order valence-corrected chi connectivity index (χ4v) is 12.0. The lowest BCUT2D eigenvalue weighted by Gasteiger charge is -2.58. The lowest BCUT2D eigenvalue weighted by Crippen LogP contribution is -2.60. The lowest BCUT2D eigenvalue weighted by molar-refractivity contribution is -0.313. The summed E-state index contributed by atoms with van der Waals surface area (Å²) in [6, 6.07) is 0. The summed E-state index contributed by atoms with van der Waals surface area (Å²) in [4.78, 5) is 26.7. The van der Waals surface area contributed by atoms with E-state index in [1.165, 1.54) is 83.5 Å². The summed E-state index contributed by atoms with van der Waals surface area (Å²) >= 11 is 0. The van der Waals surface area contributed by atoms with E-state index in [0.717, 1.165) is 56.4 Å². The summed E-state index contributed by atoms with van der Waals surface area (Å²) in [6.45, 7) is 14.0. The van der Waals surface area contributed by atoms with Crippen LogP contribution in [-0.4, -0.2) is 70.5 Å². The van der Waals surface area contributed by atoms with Crippen LogP contribution >= 0.6 is 0 Å². The maximum Gasteiger partial charge on any atom is 0.305 e. The van der Waals surface area contributed by atoms with E-state index in [-0.39, 0.29) is 35.4 Å². The Morgan fingerprint density at radius 2 is 1.49 bits per heavy atom. The van der Waals surface area contributed by atoms with Crippen LogP contribution in [0, 0.1) is 46.3 Å². The Morgan fingerprint density at radius 1 is 0.818 bits per heavy atom. The number of allylic oxidation sites excluding steroid dienone is 1. The van der Waals surface area contributed by atoms with E-state index in [4.69, 9.17) is 14.2 Å². The predicted octanol–water partition coefficient (Wildman–Crippen LogP) is 9.64. The molecule has 1 aliphatic heterocycles. The summed E-state index contributed by atoms with van der Waals surface area (Å²) in [5.41, 5.74) is 1.31. The van der Waals surface area contributed by atoms with E-state index in [9.17, 15) is 24.9 Å². The maximum absolute atomic E-state index is 14.1. The molecule has 4 aliphatic carbocycles. The quantitative estimate of drug-likeness (QED) is 0.0779. The molecule has 1 heterocycles. The molecule has 4 unspecified atom stereocenters. The highest BCUT2D eigenvalue weighted by Gasteiger charge is 2.61. The molecule has 1 saturated heterocycles. The van der Waals surface area contributed by atoms with Crippen molar-refractivity contribution in [3.05, 3.63) is 11.6 Å². The van der Waals surface area contributed by atoms with Gasteiger partial charge in [0, 0.05) is 12.3 Å². The van der Waals surface area contributed by atoms with Crippen LogP contribution in [0.4, 0.5) is 0 Å². The third-order valence-electron chi connectivity index (χ3n) is 15.5. The Hall–Kier alpha value is -1.32. The summed E-state index contributed by atoms with van der Waals surface area (Å²) in [6.07, 6.45) is 19.4. The minimum absolute atomic E-state index is 0.0624. The zero-order chi connectivity index (χ0) is 39.8. The van der Waals surface area contributed by atoms with Gasteiger partial charge in [-0.3, -0.25) is 9.59 Å². The van der Waals surface area contributed by atoms with Crippen molar-refractivity contribution in [1.82, 2.24) is 0 Å². The number of aliphatic hydroxyl groups is 3. The van der Waals surface area contributed by atoms with E-state index < -0.39 is 30.7 Å². The molecule has 0 aromatic heterocycles. The van der Waals surface area contributed by atoms with Crippen molar-refractivity contribution in [3.8, 4) is 0 Å². The minimum atomic E-state index is -1.50. The smallest absolute Gasteiger partial charge is 0.305 e. The molecule has 0 bridgehead atoms. The summed E-state index contributed by atoms with van der Waals surface area (Å²) < 4.78 is 17.8. The van der Waals surface area contributed by atoms with Crippen molar-refractivity contribution >= 4 is 11.8 Å². The van der Waals surface area contributed by atoms with Crippen LogP contribution in [0.15, 0.2) is 11.6 Å². The van der Waals surface area contributed by atoms with Gasteiger partial charge in [-0.2, -0.15) is 0 Å². The fourth-order valence-electron chi connectivity index (χ4n) is 12.0. The van der Waals surface area contributed by atoms with Gasteiger partial charge in [-0.25, -0.2) is 0 Å². The van der Waals surface area contributed by atoms with Crippen molar-refractivity contribution in [2.45, 2.75) is 220 Å². The number of aliphatic hydroxyl groups excluding tert-OH is 3. The SMILES string of the molecule is CCCCCCCCCCCCCC(=O)OC[C@H]1O[C@H](OC2CC[C@@]3(C)C(=CC(=O)C4C3CC[C@@]3(C)C4CC[C@@H]3[C@H](C)CCCC(C)C)C2)[C@H](O)[C@@H](O)[C@H]1O. The Bertz CT molecular complexity index is 1250. The Labute approximate surface area is 334 Å². The number of hydrogen-bond acceptors (Lipinski definition) is 8. The van der Waals surface area contributed by atoms with Crippen LogP contribution in [-0.2, 0) is 23.8 Å². The van der Waals surface area contributed by atoms with E-state index >= 15 is 0 Å². The molecule has 55 heavy (non-hydrogen) atoms. The molecule has 0 spiro atoms. The highest BCUT2D eigenvalue weighted by molar-refractivity contribution is 5.94. The van der Waals surface area contributed by atoms with Gasteiger partial charge in [0.25, 0.3) is 0 Å². The number of carbonyl (C=O) groups is 2. The van der Waals surface area contributed by atoms with Gasteiger partial charge in [0.15, 0.2) is 12.1 Å². The van der Waals surface area contributed by atoms with Crippen molar-refractivity contribution < 1.29 is 39.1 Å². The van der Waals surface area contributed by atoms with Crippen LogP contribution in [0.1, 0.15) is 183 Å². The highest BCUT2D eigenvalue weighted by atomic mass is 16.7. The van der Waals surface area contributed by atoms with E-state index in [2.05, 4.69) is 41.5 Å². The topological polar surface area (TPSA) is 123 Å². The first-order valence-corrected chi connectivity index (χ1v) is 23.1. The number of hydrogen-bond donors (Lipinski definition) is 3. The number of esters is 1. The van der Waals surface area contributed by atoms with Crippen LogP contribution in [0.2, 0.25) is 0 Å². The predicted molar refractivity (Wildman–Crippen MR) is 217 cm³/mol. The van der Waals surface area contributed by atoms with Gasteiger partial charge in [-0.05, 0) is 97.9 Å². The number of ketones is 1. The second kappa shape index (κ2) is 20.6. The average Bonchev–Trinajstić information content (AvgIpc) is 3.51. The zero-order valence-electron chi connectivity index (χ0n) is 35.7. The maximum atomic E-state index is 14.1. The normalized spacial score (nSPS) is 37.9. The molecule has 5 aliphatic rings. The first-order chi connectivity index (χ1) is 26.3. The number of ether oxygens (including phenoxy) is 3. The fraction of sp³-hybridized carbons (Fsp3) is 0.915. The molecule has 8 nitrogen and oxygen atoms in total. The van der Waals surface area contributed by atoms with E-state index in [1.54, 1.807) is 0 Å². The van der Waals surface area contributed by atoms with Gasteiger partial charge in [0.1, 0.15) is 31.0 Å². The molecule has 0 aromatic rings. The van der Waals surface area contributed by atoms with Crippen molar-refractivity contribution in [1.29, 1.82) is 0 Å². The molecular formula is C47H80O8. The second-order valence-corrected chi connectivity index (χ2v) is 19.7. The molecule has 316 valence electrons. The molecule has 3 saturated carbocycles. The largest absolute Gasteiger partial charge is 0.463 e. The average molecular weight is 773 g/mol. The third-order valence-corrected chi connectivity index (χ3v) is 15.5. The summed E-state index contributed by atoms with van der Waals surface area (Å²) in [5.74, 6) is 2.96. The van der Waals surface area contributed by atoms with Crippen LogP contribution < -0.4 is 0 Å². The van der Waals surface area contributed by atoms with Gasteiger partial charge < -0.3 is 29.5 Å². The van der Waals surface area contributed by atoms with Gasteiger partial charge in [0.05, 0.1) is 6.10 Å². The molecular weight excluding hydrogens is 693 g/mol. The molecule has 0 aromatic carbocycles. The molecule has 8 heteroatoms. The third kappa shape index (κ3) is 10.8. The van der Waals surface area contributed by atoms with Gasteiger partial charge in [-0.1, -0.05) is 131 Å². The molecule has 3 N–H and O–H groups in total. The minimum Gasteiger partial charge on any atom is -0.463 e. The molecule has 4 fully saturated rings. The Balaban J connectivity index is 1.09. The molecule has 0 amide bonds. The van der Waals surface area contributed by atoms with Gasteiger partial charge in [-0.15, -0.1) is 0 Å². The Morgan fingerprint density at radius 3 is 2.16 bits per heavy atom. The van der Waals surface area contributed by atoms with Crippen LogP contribution in [0.5, 0.6) is 0 Å². The Kier molecular flexibility index (Phi) is 16.8. The molecule has 0 radical (unpaired) electrons. The first kappa shape index (κ1) is 44.8. The van der Waals surface area contributed by atoms with Crippen molar-refractivity contribution in [3.63, 3.8) is 0 Å². The van der Waals surface area contributed by atoms with Gasteiger partial charge in [0.2, 0.25) is 0 Å². The monoisotopic (exact) mass is 773 g/mol. The summed E-state index contributed by atoms with van der Waals surface area (Å²) in [5, 5.41) is 32.3. The zero-order valence-corrected chi connectivity index (χ0v) is 35.7. The van der Waals surface area contributed by atoms with Crippen LogP contribution in [0.3, 0.4) is 0 Å². The standard InChI is InChI=1S/C47H80O8/c1-7-8-9-10-11-12-13-14-15-16-17-21-40(49)53-30-39-42(50)43(51)44(52)45(55-39)54-34-24-26-46(5)33(28-34)29-38(48)41-36-23-22-35(32(4)20-18-19-31(2)3)47(36,6)27-25-37(41)46/h29,31-32,34-37,39,41-45,50-52H,7-28,30H2,1-6H3/t32-,34?,35-,36?,37?,39-,41?,42+,43+,44-,45+,46+,47-/m1/s1. The van der Waals surface area contributed by atoms with Gasteiger partial charge >= 0.3 is 5.97 Å². The number of carbonyl (C=O) groups excluding carboxylic acids is 2. The number of rotatable bonds is 21. The van der Waals surface area contributed by atoms with E-state index in [1.807, 2.05) is 6.08 Å². The number of unbranched alkanes of at least 4 members (excludes halogenated alkanes) is 10. The molecule has 5 rings (SSSR count). The second-order valence-electron chi connectivity index (χ2n) is 19.7. The van der Waals surface area contributed by atoms with Crippen LogP contribution in [0.25, 0.3) is 0 Å². The summed E-state index contributed by atoms with van der Waals surface area (Å²) in [7, 11) is 0. The lowest BCUT2D eigenvalue weighted by atomic mass is 9.46. The highest BCUT2D eigenvalue weighted by Crippen LogP contribution is 2.67. The van der Waals surface area contributed by atoms with Crippen molar-refractivity contribution in [2.24, 2.45) is 46.3 Å². The number of fused-ring (bicyclic) bond motifs is 5. The van der Waals surface area contributed by atoms with Crippen molar-refractivity contribution in [2.75, 3.05) is 6.61 Å². The first-order valence-electron chi connectivity index (χ1n) is 23.1. The molecule has 13 atom stereocenters. The van der Waals surface area contributed by atoms with E-state index in [0.29, 0.717) is 42.3 Å².